The third kappa shape index (κ3) is 4.31. The number of carbonyl (C=O) groups excluding carboxylic acids is 2. The molecule has 1 aliphatic rings. The Kier molecular flexibility index (Phi) is 7.98. The molecule has 1 heterocycles. The Balaban J connectivity index is 0.00000338. The number of nitrogens with zero attached hydrogens (tertiary/aromatic N) is 2. The van der Waals surface area contributed by atoms with Crippen LogP contribution < -0.4 is 19.9 Å². The molecule has 0 bridgehead atoms. The number of carbonyl (C=O) groups is 2. The Hall–Kier alpha value is -2.19. The predicted octanol–water partition coefficient (Wildman–Crippen LogP) is 0.766. The maximum atomic E-state index is 12.9. The van der Waals surface area contributed by atoms with Crippen LogP contribution in [0.3, 0.4) is 0 Å². The van der Waals surface area contributed by atoms with E-state index in [4.69, 9.17) is 19.9 Å². The Morgan fingerprint density at radius 3 is 1.96 bits per heavy atom. The first-order valence-electron chi connectivity index (χ1n) is 8.07. The van der Waals surface area contributed by atoms with Crippen molar-refractivity contribution in [1.82, 2.24) is 9.80 Å². The second-order valence-electron chi connectivity index (χ2n) is 5.79. The molecular weight excluding hydrogens is 362 g/mol. The van der Waals surface area contributed by atoms with Gasteiger partial charge in [0.25, 0.3) is 5.91 Å². The number of hydrogen-bond acceptors (Lipinski definition) is 6. The minimum Gasteiger partial charge on any atom is -0.493 e. The number of rotatable bonds is 5. The van der Waals surface area contributed by atoms with Crippen molar-refractivity contribution < 1.29 is 23.8 Å². The standard InChI is InChI=1S/C17H25N3O5.ClH/c1-11(18)16(21)19-7-9-20(10-8-19)17(22)12-5-6-13(23-2)15(25-4)14(12)24-3;/h5-6,11H,7-10,18H2,1-4H3;1H/t11-;/m0./s1. The molecule has 0 spiro atoms. The summed E-state index contributed by atoms with van der Waals surface area (Å²) < 4.78 is 15.9. The van der Waals surface area contributed by atoms with Gasteiger partial charge in [0.05, 0.1) is 32.9 Å². The molecule has 2 N–H and O–H groups in total. The molecule has 2 rings (SSSR count). The van der Waals surface area contributed by atoms with Crippen molar-refractivity contribution in [3.8, 4) is 17.2 Å². The summed E-state index contributed by atoms with van der Waals surface area (Å²) in [5.74, 6) is 0.923. The van der Waals surface area contributed by atoms with Gasteiger partial charge in [-0.3, -0.25) is 9.59 Å². The fraction of sp³-hybridized carbons (Fsp3) is 0.529. The summed E-state index contributed by atoms with van der Waals surface area (Å²) in [7, 11) is 4.49. The summed E-state index contributed by atoms with van der Waals surface area (Å²) in [6.07, 6.45) is 0. The summed E-state index contributed by atoms with van der Waals surface area (Å²) in [5, 5.41) is 0. The van der Waals surface area contributed by atoms with E-state index in [2.05, 4.69) is 0 Å². The molecule has 1 atom stereocenters. The molecule has 0 saturated carbocycles. The summed E-state index contributed by atoms with van der Waals surface area (Å²) in [6.45, 7) is 3.46. The summed E-state index contributed by atoms with van der Waals surface area (Å²) in [4.78, 5) is 28.2. The van der Waals surface area contributed by atoms with Crippen LogP contribution in [0.2, 0.25) is 0 Å². The first-order chi connectivity index (χ1) is 11.9. The maximum Gasteiger partial charge on any atom is 0.257 e. The van der Waals surface area contributed by atoms with Gasteiger partial charge in [-0.05, 0) is 19.1 Å². The lowest BCUT2D eigenvalue weighted by Gasteiger charge is -2.35. The molecule has 0 aromatic heterocycles. The first kappa shape index (κ1) is 21.9. The van der Waals surface area contributed by atoms with Crippen LogP contribution in [-0.4, -0.2) is 75.2 Å². The highest BCUT2D eigenvalue weighted by Crippen LogP contribution is 2.40. The van der Waals surface area contributed by atoms with Gasteiger partial charge in [-0.1, -0.05) is 0 Å². The average Bonchev–Trinajstić information content (AvgIpc) is 2.65. The molecule has 0 radical (unpaired) electrons. The number of methoxy groups -OCH3 is 3. The van der Waals surface area contributed by atoms with Crippen LogP contribution in [0, 0.1) is 0 Å². The van der Waals surface area contributed by atoms with E-state index in [0.717, 1.165) is 0 Å². The minimum atomic E-state index is -0.534. The zero-order chi connectivity index (χ0) is 18.6. The quantitative estimate of drug-likeness (QED) is 0.801. The second-order valence-corrected chi connectivity index (χ2v) is 5.79. The van der Waals surface area contributed by atoms with Gasteiger partial charge < -0.3 is 29.7 Å². The number of ether oxygens (including phenoxy) is 3. The van der Waals surface area contributed by atoms with E-state index >= 15 is 0 Å². The third-order valence-corrected chi connectivity index (χ3v) is 4.20. The Morgan fingerprint density at radius 1 is 0.962 bits per heavy atom. The first-order valence-corrected chi connectivity index (χ1v) is 8.07. The van der Waals surface area contributed by atoms with Gasteiger partial charge in [0.2, 0.25) is 11.7 Å². The molecule has 1 aromatic rings. The SMILES string of the molecule is COc1ccc(C(=O)N2CCN(C(=O)[C@H](C)N)CC2)c(OC)c1OC.Cl. The lowest BCUT2D eigenvalue weighted by Crippen LogP contribution is -2.53. The molecule has 8 nitrogen and oxygen atoms in total. The highest BCUT2D eigenvalue weighted by Gasteiger charge is 2.29. The van der Waals surface area contributed by atoms with Gasteiger partial charge in [-0.25, -0.2) is 0 Å². The normalized spacial score (nSPS) is 15.0. The van der Waals surface area contributed by atoms with Gasteiger partial charge in [-0.15, -0.1) is 12.4 Å². The smallest absolute Gasteiger partial charge is 0.257 e. The van der Waals surface area contributed by atoms with Crippen LogP contribution in [0.25, 0.3) is 0 Å². The Labute approximate surface area is 159 Å². The number of hydrogen-bond donors (Lipinski definition) is 1. The van der Waals surface area contributed by atoms with Crippen LogP contribution in [0.4, 0.5) is 0 Å². The number of nitrogens with two attached hydrogens (primary N) is 1. The van der Waals surface area contributed by atoms with Gasteiger partial charge in [-0.2, -0.15) is 0 Å². The molecular formula is C17H26ClN3O5. The van der Waals surface area contributed by atoms with Gasteiger partial charge in [0, 0.05) is 26.2 Å². The number of amides is 2. The largest absolute Gasteiger partial charge is 0.493 e. The minimum absolute atomic E-state index is 0. The lowest BCUT2D eigenvalue weighted by atomic mass is 10.1. The van der Waals surface area contributed by atoms with E-state index in [1.807, 2.05) is 0 Å². The fourth-order valence-corrected chi connectivity index (χ4v) is 2.86. The molecule has 0 aliphatic carbocycles. The molecule has 1 saturated heterocycles. The number of benzene rings is 1. The Bertz CT molecular complexity index is 646. The maximum absolute atomic E-state index is 12.9. The van der Waals surface area contributed by atoms with Crippen molar-refractivity contribution in [1.29, 1.82) is 0 Å². The van der Waals surface area contributed by atoms with Crippen molar-refractivity contribution in [2.75, 3.05) is 47.5 Å². The molecule has 0 unspecified atom stereocenters. The van der Waals surface area contributed by atoms with E-state index in [-0.39, 0.29) is 24.2 Å². The zero-order valence-corrected chi connectivity index (χ0v) is 16.3. The van der Waals surface area contributed by atoms with Crippen LogP contribution in [-0.2, 0) is 4.79 Å². The van der Waals surface area contributed by atoms with Crippen molar-refractivity contribution in [2.45, 2.75) is 13.0 Å². The monoisotopic (exact) mass is 387 g/mol. The van der Waals surface area contributed by atoms with E-state index in [0.29, 0.717) is 49.0 Å². The van der Waals surface area contributed by atoms with Gasteiger partial charge in [0.1, 0.15) is 0 Å². The van der Waals surface area contributed by atoms with Crippen LogP contribution in [0.15, 0.2) is 12.1 Å². The van der Waals surface area contributed by atoms with Gasteiger partial charge in [0.15, 0.2) is 11.5 Å². The van der Waals surface area contributed by atoms with Gasteiger partial charge >= 0.3 is 0 Å². The molecule has 1 aromatic carbocycles. The highest BCUT2D eigenvalue weighted by molar-refractivity contribution is 5.98. The fourth-order valence-electron chi connectivity index (χ4n) is 2.86. The predicted molar refractivity (Wildman–Crippen MR) is 99.5 cm³/mol. The number of piperazine rings is 1. The molecule has 1 fully saturated rings. The van der Waals surface area contributed by atoms with Crippen LogP contribution in [0.5, 0.6) is 17.2 Å². The average molecular weight is 388 g/mol. The van der Waals surface area contributed by atoms with Crippen molar-refractivity contribution in [3.63, 3.8) is 0 Å². The van der Waals surface area contributed by atoms with E-state index in [9.17, 15) is 9.59 Å². The Morgan fingerprint density at radius 2 is 1.50 bits per heavy atom. The number of halogens is 1. The van der Waals surface area contributed by atoms with Crippen LogP contribution in [0.1, 0.15) is 17.3 Å². The molecule has 146 valence electrons. The van der Waals surface area contributed by atoms with E-state index < -0.39 is 6.04 Å². The topological polar surface area (TPSA) is 94.3 Å². The highest BCUT2D eigenvalue weighted by atomic mass is 35.5. The van der Waals surface area contributed by atoms with Crippen molar-refractivity contribution in [2.24, 2.45) is 5.73 Å². The summed E-state index contributed by atoms with van der Waals surface area (Å²) in [5.41, 5.74) is 6.03. The summed E-state index contributed by atoms with van der Waals surface area (Å²) >= 11 is 0. The van der Waals surface area contributed by atoms with Crippen molar-refractivity contribution in [3.05, 3.63) is 17.7 Å². The molecule has 26 heavy (non-hydrogen) atoms. The van der Waals surface area contributed by atoms with Crippen LogP contribution >= 0.6 is 12.4 Å². The van der Waals surface area contributed by atoms with E-state index in [1.54, 1.807) is 28.9 Å². The lowest BCUT2D eigenvalue weighted by molar-refractivity contribution is -0.133. The summed E-state index contributed by atoms with van der Waals surface area (Å²) in [6, 6.07) is 2.79. The second kappa shape index (κ2) is 9.49. The van der Waals surface area contributed by atoms with E-state index in [1.165, 1.54) is 21.3 Å². The molecule has 1 aliphatic heterocycles. The third-order valence-electron chi connectivity index (χ3n) is 4.20. The van der Waals surface area contributed by atoms with Crippen molar-refractivity contribution >= 4 is 24.2 Å². The molecule has 2 amide bonds. The zero-order valence-electron chi connectivity index (χ0n) is 15.5. The molecule has 9 heteroatoms.